The van der Waals surface area contributed by atoms with Crippen LogP contribution in [0.5, 0.6) is 0 Å². The van der Waals surface area contributed by atoms with Gasteiger partial charge in [-0.25, -0.2) is 4.79 Å². The molecule has 0 aliphatic rings. The van der Waals surface area contributed by atoms with E-state index in [1.165, 1.54) is 0 Å². The van der Waals surface area contributed by atoms with Crippen LogP contribution in [0.3, 0.4) is 0 Å². The van der Waals surface area contributed by atoms with Crippen LogP contribution in [0.2, 0.25) is 0 Å². The fourth-order valence-corrected chi connectivity index (χ4v) is 1.30. The molecule has 84 valence electrons. The molecule has 1 rings (SSSR count). The molecule has 1 aromatic carbocycles. The zero-order valence-corrected chi connectivity index (χ0v) is 8.85. The average Bonchev–Trinajstić information content (AvgIpc) is 2.29. The summed E-state index contributed by atoms with van der Waals surface area (Å²) in [5, 5.41) is 8.98. The van der Waals surface area contributed by atoms with E-state index in [4.69, 9.17) is 9.84 Å². The minimum atomic E-state index is -0.386. The second-order valence-electron chi connectivity index (χ2n) is 3.36. The number of ether oxygens (including phenoxy) is 1. The number of carbonyl (C=O) groups is 1. The quantitative estimate of drug-likeness (QED) is 0.632. The first-order valence-electron chi connectivity index (χ1n) is 5.14. The summed E-state index contributed by atoms with van der Waals surface area (Å²) in [6.45, 7) is 1.87. The molecule has 4 heteroatoms. The van der Waals surface area contributed by atoms with E-state index in [1.807, 2.05) is 13.0 Å². The second kappa shape index (κ2) is 9.33. The molecule has 0 bridgehead atoms. The van der Waals surface area contributed by atoms with Crippen LogP contribution in [0.4, 0.5) is 0 Å². The average molecular weight is 248 g/mol. The minimum absolute atomic E-state index is 0. The second-order valence-corrected chi connectivity index (χ2v) is 3.36. The number of benzene rings is 1. The summed E-state index contributed by atoms with van der Waals surface area (Å²) >= 11 is 0. The number of esters is 1. The van der Waals surface area contributed by atoms with Gasteiger partial charge in [0.25, 0.3) is 0 Å². The van der Waals surface area contributed by atoms with Crippen LogP contribution in [0.1, 0.15) is 30.1 Å². The van der Waals surface area contributed by atoms with Crippen molar-refractivity contribution in [2.75, 3.05) is 6.61 Å². The van der Waals surface area contributed by atoms with Gasteiger partial charge in [-0.3, -0.25) is 0 Å². The first kappa shape index (κ1) is 16.3. The van der Waals surface area contributed by atoms with E-state index in [-0.39, 0.29) is 70.1 Å². The van der Waals surface area contributed by atoms with Crippen LogP contribution < -0.4 is 0 Å². The number of carbonyl (C=O) groups excluding carboxylic acids is 1. The van der Waals surface area contributed by atoms with Crippen LogP contribution in [0.15, 0.2) is 30.3 Å². The van der Waals surface area contributed by atoms with Gasteiger partial charge in [-0.15, -0.1) is 0 Å². The van der Waals surface area contributed by atoms with Crippen LogP contribution >= 0.6 is 0 Å². The zero-order chi connectivity index (χ0) is 11.1. The molecule has 0 radical (unpaired) electrons. The molecule has 16 heavy (non-hydrogen) atoms. The Morgan fingerprint density at radius 3 is 2.50 bits per heavy atom. The Balaban J connectivity index is 0.00000225. The van der Waals surface area contributed by atoms with E-state index in [9.17, 15) is 4.79 Å². The van der Waals surface area contributed by atoms with E-state index in [0.29, 0.717) is 12.0 Å². The Morgan fingerprint density at radius 2 is 2.00 bits per heavy atom. The van der Waals surface area contributed by atoms with Crippen molar-refractivity contribution in [3.8, 4) is 0 Å². The molecular weight excluding hydrogens is 231 g/mol. The van der Waals surface area contributed by atoms with Gasteiger partial charge in [0.2, 0.25) is 0 Å². The Bertz CT molecular complexity index is 300. The molecule has 0 aliphatic carbocycles. The number of hydrogen-bond acceptors (Lipinski definition) is 3. The van der Waals surface area contributed by atoms with Crippen LogP contribution in [-0.2, 0) is 4.74 Å². The fourth-order valence-electron chi connectivity index (χ4n) is 1.30. The van der Waals surface area contributed by atoms with Crippen molar-refractivity contribution in [3.05, 3.63) is 35.9 Å². The summed E-state index contributed by atoms with van der Waals surface area (Å²) in [6, 6.07) is 8.80. The monoisotopic (exact) mass is 248 g/mol. The Labute approximate surface area is 139 Å². The van der Waals surface area contributed by atoms with Gasteiger partial charge < -0.3 is 9.84 Å². The number of rotatable bonds is 5. The summed E-state index contributed by atoms with van der Waals surface area (Å²) in [7, 11) is 0. The van der Waals surface area contributed by atoms with Crippen LogP contribution in [0, 0.1) is 0 Å². The van der Waals surface area contributed by atoms with Crippen molar-refractivity contribution in [3.63, 3.8) is 0 Å². The maximum atomic E-state index is 11.6. The van der Waals surface area contributed by atoms with Crippen molar-refractivity contribution < 1.29 is 14.6 Å². The van der Waals surface area contributed by atoms with E-state index in [2.05, 4.69) is 0 Å². The summed E-state index contributed by atoms with van der Waals surface area (Å²) < 4.78 is 5.14. The van der Waals surface area contributed by atoms with Crippen molar-refractivity contribution in [2.24, 2.45) is 0 Å². The molecule has 0 spiro atoms. The Morgan fingerprint density at radius 1 is 1.38 bits per heavy atom. The van der Waals surface area contributed by atoms with Crippen molar-refractivity contribution in [2.45, 2.75) is 25.9 Å². The van der Waals surface area contributed by atoms with Gasteiger partial charge in [0.05, 0.1) is 12.2 Å². The van der Waals surface area contributed by atoms with E-state index in [1.54, 1.807) is 24.3 Å². The zero-order valence-electron chi connectivity index (χ0n) is 8.85. The molecule has 0 aliphatic heterocycles. The maximum absolute atomic E-state index is 11.6. The molecule has 1 unspecified atom stereocenters. The molecular formula is C12H17KO3. The standard InChI is InChI=1S/C12H16O3.K.H/c1-2-6-11(9-13)15-12(14)10-7-4-3-5-8-10;;/h3-5,7-8,11,13H,2,6,9H2,1H3;;. The van der Waals surface area contributed by atoms with Gasteiger partial charge in [-0.1, -0.05) is 31.5 Å². The van der Waals surface area contributed by atoms with E-state index < -0.39 is 0 Å². The third kappa shape index (κ3) is 5.57. The molecule has 0 aromatic heterocycles. The van der Waals surface area contributed by atoms with Gasteiger partial charge >= 0.3 is 57.4 Å². The summed E-state index contributed by atoms with van der Waals surface area (Å²) in [4.78, 5) is 11.6. The molecule has 0 heterocycles. The molecule has 3 nitrogen and oxygen atoms in total. The predicted octanol–water partition coefficient (Wildman–Crippen LogP) is 1.36. The molecule has 1 aromatic rings. The van der Waals surface area contributed by atoms with Gasteiger partial charge in [0, 0.05) is 0 Å². The van der Waals surface area contributed by atoms with Gasteiger partial charge in [0.15, 0.2) is 0 Å². The Hall–Kier alpha value is 0.286. The van der Waals surface area contributed by atoms with Crippen molar-refractivity contribution in [1.29, 1.82) is 0 Å². The van der Waals surface area contributed by atoms with E-state index in [0.717, 1.165) is 6.42 Å². The first-order chi connectivity index (χ1) is 7.27. The fraction of sp³-hybridized carbons (Fsp3) is 0.417. The number of hydrogen-bond donors (Lipinski definition) is 1. The van der Waals surface area contributed by atoms with Crippen molar-refractivity contribution >= 4 is 57.4 Å². The molecule has 0 fully saturated rings. The van der Waals surface area contributed by atoms with E-state index >= 15 is 0 Å². The predicted molar refractivity (Wildman–Crippen MR) is 64.8 cm³/mol. The number of aliphatic hydroxyl groups is 1. The third-order valence-corrected chi connectivity index (χ3v) is 2.10. The van der Waals surface area contributed by atoms with Crippen molar-refractivity contribution in [1.82, 2.24) is 0 Å². The van der Waals surface area contributed by atoms with Gasteiger partial charge in [-0.05, 0) is 18.6 Å². The Kier molecular flexibility index (Phi) is 9.50. The normalized spacial score (nSPS) is 11.4. The molecule has 0 amide bonds. The topological polar surface area (TPSA) is 46.5 Å². The first-order valence-corrected chi connectivity index (χ1v) is 5.14. The van der Waals surface area contributed by atoms with Gasteiger partial charge in [-0.2, -0.15) is 0 Å². The van der Waals surface area contributed by atoms with Crippen LogP contribution in [-0.4, -0.2) is 75.2 Å². The molecule has 1 N–H and O–H groups in total. The molecule has 0 saturated heterocycles. The summed E-state index contributed by atoms with van der Waals surface area (Å²) in [6.07, 6.45) is 1.19. The summed E-state index contributed by atoms with van der Waals surface area (Å²) in [5.41, 5.74) is 0.520. The summed E-state index contributed by atoms with van der Waals surface area (Å²) in [5.74, 6) is -0.372. The van der Waals surface area contributed by atoms with Gasteiger partial charge in [0.1, 0.15) is 6.10 Å². The third-order valence-electron chi connectivity index (χ3n) is 2.10. The van der Waals surface area contributed by atoms with Crippen LogP contribution in [0.25, 0.3) is 0 Å². The SMILES string of the molecule is CCCC(CO)OC(=O)c1ccccc1.[KH]. The number of aliphatic hydroxyl groups excluding tert-OH is 1. The molecule has 1 atom stereocenters. The molecule has 0 saturated carbocycles.